The molecule has 0 unspecified atom stereocenters. The van der Waals surface area contributed by atoms with Gasteiger partial charge in [-0.1, -0.05) is 19.9 Å². The Balaban J connectivity index is 3.29. The Hall–Kier alpha value is -0.830. The molecule has 0 fully saturated rings. The van der Waals surface area contributed by atoms with E-state index in [1.807, 2.05) is 13.8 Å². The molecule has 11 heavy (non-hydrogen) atoms. The lowest BCUT2D eigenvalue weighted by molar-refractivity contribution is -0.120. The lowest BCUT2D eigenvalue weighted by Gasteiger charge is -2.06. The van der Waals surface area contributed by atoms with Crippen LogP contribution in [0.1, 0.15) is 13.8 Å². The number of carbonyl (C=O) groups is 1. The lowest BCUT2D eigenvalue weighted by atomic mass is 10.4. The van der Waals surface area contributed by atoms with E-state index in [0.29, 0.717) is 19.1 Å². The fourth-order valence-electron chi connectivity index (χ4n) is 0.545. The van der Waals surface area contributed by atoms with Gasteiger partial charge in [0.1, 0.15) is 0 Å². The highest BCUT2D eigenvalue weighted by Gasteiger charge is 1.98. The average molecular weight is 156 g/mol. The van der Waals surface area contributed by atoms with Gasteiger partial charge in [-0.2, -0.15) is 0 Å². The zero-order valence-corrected chi connectivity index (χ0v) is 7.18. The second-order valence-corrected chi connectivity index (χ2v) is 2.63. The van der Waals surface area contributed by atoms with Crippen molar-refractivity contribution in [3.05, 3.63) is 12.7 Å². The van der Waals surface area contributed by atoms with E-state index in [0.717, 1.165) is 0 Å². The predicted octanol–water partition coefficient (Wildman–Crippen LogP) is 0.287. The van der Waals surface area contributed by atoms with Gasteiger partial charge in [0.2, 0.25) is 5.91 Å². The fraction of sp³-hybridized carbons (Fsp3) is 0.625. The normalized spacial score (nSPS) is 9.73. The number of nitrogens with one attached hydrogen (secondary N) is 2. The Morgan fingerprint density at radius 2 is 2.27 bits per heavy atom. The quantitative estimate of drug-likeness (QED) is 0.562. The number of rotatable bonds is 5. The van der Waals surface area contributed by atoms with Gasteiger partial charge < -0.3 is 10.6 Å². The molecule has 2 N–H and O–H groups in total. The summed E-state index contributed by atoms with van der Waals surface area (Å²) < 4.78 is 0. The van der Waals surface area contributed by atoms with E-state index in [1.165, 1.54) is 0 Å². The molecule has 0 saturated carbocycles. The zero-order chi connectivity index (χ0) is 8.69. The van der Waals surface area contributed by atoms with Gasteiger partial charge in [0.25, 0.3) is 0 Å². The molecule has 0 radical (unpaired) electrons. The molecule has 64 valence electrons. The Morgan fingerprint density at radius 1 is 1.64 bits per heavy atom. The fourth-order valence-corrected chi connectivity index (χ4v) is 0.545. The van der Waals surface area contributed by atoms with Crippen LogP contribution < -0.4 is 10.6 Å². The number of amides is 1. The van der Waals surface area contributed by atoms with Gasteiger partial charge in [0.15, 0.2) is 0 Å². The van der Waals surface area contributed by atoms with E-state index in [-0.39, 0.29) is 5.91 Å². The molecule has 0 spiro atoms. The van der Waals surface area contributed by atoms with E-state index in [2.05, 4.69) is 17.2 Å². The molecule has 0 aliphatic heterocycles. The summed E-state index contributed by atoms with van der Waals surface area (Å²) in [5.74, 6) is 0.0126. The molecular formula is C8H16N2O. The van der Waals surface area contributed by atoms with Crippen LogP contribution >= 0.6 is 0 Å². The highest BCUT2D eigenvalue weighted by Crippen LogP contribution is 1.74. The van der Waals surface area contributed by atoms with Crippen molar-refractivity contribution in [3.8, 4) is 0 Å². The smallest absolute Gasteiger partial charge is 0.234 e. The summed E-state index contributed by atoms with van der Waals surface area (Å²) in [6, 6.07) is 0.351. The number of carbonyl (C=O) groups excluding carboxylic acids is 1. The van der Waals surface area contributed by atoms with Crippen LogP contribution in [0, 0.1) is 0 Å². The van der Waals surface area contributed by atoms with Crippen molar-refractivity contribution in [1.82, 2.24) is 10.6 Å². The molecule has 0 bridgehead atoms. The van der Waals surface area contributed by atoms with E-state index in [4.69, 9.17) is 0 Å². The molecule has 0 aliphatic carbocycles. The van der Waals surface area contributed by atoms with Crippen LogP contribution in [0.5, 0.6) is 0 Å². The molecule has 3 heteroatoms. The van der Waals surface area contributed by atoms with Gasteiger partial charge in [-0.15, -0.1) is 6.58 Å². The Morgan fingerprint density at radius 3 is 2.73 bits per heavy atom. The Kier molecular flexibility index (Phi) is 5.47. The molecule has 1 amide bonds. The first-order chi connectivity index (χ1) is 5.16. The minimum Gasteiger partial charge on any atom is -0.352 e. The van der Waals surface area contributed by atoms with Crippen LogP contribution in [0.2, 0.25) is 0 Å². The van der Waals surface area contributed by atoms with Crippen molar-refractivity contribution in [2.75, 3.05) is 13.1 Å². The molecule has 0 aromatic carbocycles. The average Bonchev–Trinajstić information content (AvgIpc) is 1.97. The van der Waals surface area contributed by atoms with E-state index in [1.54, 1.807) is 6.08 Å². The SMILES string of the molecule is C=CCNC(=O)CNC(C)C. The second kappa shape index (κ2) is 5.92. The van der Waals surface area contributed by atoms with E-state index >= 15 is 0 Å². The lowest BCUT2D eigenvalue weighted by Crippen LogP contribution is -2.36. The van der Waals surface area contributed by atoms with Gasteiger partial charge in [-0.3, -0.25) is 4.79 Å². The molecule has 0 atom stereocenters. The van der Waals surface area contributed by atoms with Crippen molar-refractivity contribution < 1.29 is 4.79 Å². The summed E-state index contributed by atoms with van der Waals surface area (Å²) in [6.45, 7) is 8.42. The van der Waals surface area contributed by atoms with Crippen LogP contribution in [0.25, 0.3) is 0 Å². The largest absolute Gasteiger partial charge is 0.352 e. The third-order valence-corrected chi connectivity index (χ3v) is 1.11. The molecule has 0 rings (SSSR count). The maximum absolute atomic E-state index is 10.9. The van der Waals surface area contributed by atoms with Crippen molar-refractivity contribution >= 4 is 5.91 Å². The van der Waals surface area contributed by atoms with Crippen molar-refractivity contribution in [1.29, 1.82) is 0 Å². The number of hydrogen-bond donors (Lipinski definition) is 2. The van der Waals surface area contributed by atoms with Gasteiger partial charge in [-0.05, 0) is 0 Å². The third kappa shape index (κ3) is 7.06. The minimum atomic E-state index is 0.0126. The first-order valence-corrected chi connectivity index (χ1v) is 3.77. The second-order valence-electron chi connectivity index (χ2n) is 2.63. The van der Waals surface area contributed by atoms with Gasteiger partial charge in [-0.25, -0.2) is 0 Å². The first-order valence-electron chi connectivity index (χ1n) is 3.77. The van der Waals surface area contributed by atoms with Gasteiger partial charge in [0, 0.05) is 12.6 Å². The van der Waals surface area contributed by atoms with Crippen LogP contribution in [0.3, 0.4) is 0 Å². The molecule has 0 heterocycles. The summed E-state index contributed by atoms with van der Waals surface area (Å²) in [5.41, 5.74) is 0. The van der Waals surface area contributed by atoms with Crippen LogP contribution in [-0.4, -0.2) is 25.0 Å². The van der Waals surface area contributed by atoms with Crippen molar-refractivity contribution in [3.63, 3.8) is 0 Å². The van der Waals surface area contributed by atoms with Crippen molar-refractivity contribution in [2.45, 2.75) is 19.9 Å². The number of hydrogen-bond acceptors (Lipinski definition) is 2. The highest BCUT2D eigenvalue weighted by molar-refractivity contribution is 5.78. The molecule has 0 aromatic heterocycles. The summed E-state index contributed by atoms with van der Waals surface area (Å²) in [5, 5.41) is 5.68. The molecule has 3 nitrogen and oxygen atoms in total. The molecule has 0 saturated heterocycles. The van der Waals surface area contributed by atoms with Gasteiger partial charge >= 0.3 is 0 Å². The summed E-state index contributed by atoms with van der Waals surface area (Å²) in [7, 11) is 0. The van der Waals surface area contributed by atoms with Crippen LogP contribution in [0.4, 0.5) is 0 Å². The van der Waals surface area contributed by atoms with Gasteiger partial charge in [0.05, 0.1) is 6.54 Å². The topological polar surface area (TPSA) is 41.1 Å². The zero-order valence-electron chi connectivity index (χ0n) is 7.18. The predicted molar refractivity (Wildman–Crippen MR) is 46.3 cm³/mol. The van der Waals surface area contributed by atoms with E-state index in [9.17, 15) is 4.79 Å². The Bertz CT molecular complexity index is 132. The van der Waals surface area contributed by atoms with Crippen LogP contribution in [-0.2, 0) is 4.79 Å². The molecular weight excluding hydrogens is 140 g/mol. The molecule has 0 aliphatic rings. The van der Waals surface area contributed by atoms with E-state index < -0.39 is 0 Å². The highest BCUT2D eigenvalue weighted by atomic mass is 16.1. The maximum Gasteiger partial charge on any atom is 0.234 e. The summed E-state index contributed by atoms with van der Waals surface area (Å²) in [4.78, 5) is 10.9. The monoisotopic (exact) mass is 156 g/mol. The third-order valence-electron chi connectivity index (χ3n) is 1.11. The summed E-state index contributed by atoms with van der Waals surface area (Å²) >= 11 is 0. The van der Waals surface area contributed by atoms with Crippen LogP contribution in [0.15, 0.2) is 12.7 Å². The van der Waals surface area contributed by atoms with Crippen molar-refractivity contribution in [2.24, 2.45) is 0 Å². The molecule has 0 aromatic rings. The minimum absolute atomic E-state index is 0.0126. The summed E-state index contributed by atoms with van der Waals surface area (Å²) in [6.07, 6.45) is 1.66. The standard InChI is InChI=1S/C8H16N2O/c1-4-5-9-8(11)6-10-7(2)3/h4,7,10H,1,5-6H2,2-3H3,(H,9,11). The first kappa shape index (κ1) is 10.2. The Labute approximate surface area is 67.9 Å². The maximum atomic E-state index is 10.9.